The van der Waals surface area contributed by atoms with E-state index in [9.17, 15) is 18.8 Å². The average molecular weight is 897 g/mol. The van der Waals surface area contributed by atoms with Gasteiger partial charge in [-0.05, 0) is 79.3 Å². The van der Waals surface area contributed by atoms with Gasteiger partial charge in [0.2, 0.25) is 11.5 Å². The van der Waals surface area contributed by atoms with Gasteiger partial charge < -0.3 is 44.4 Å². The lowest BCUT2D eigenvalue weighted by molar-refractivity contribution is -0.126. The number of H-pyrrole nitrogens is 1. The van der Waals surface area contributed by atoms with Crippen LogP contribution in [0.2, 0.25) is 0 Å². The molecule has 1 aliphatic rings. The van der Waals surface area contributed by atoms with Crippen LogP contribution < -0.4 is 30.0 Å². The number of methoxy groups -OCH3 is 3. The maximum atomic E-state index is 15.2. The number of benzene rings is 4. The highest BCUT2D eigenvalue weighted by Crippen LogP contribution is 2.42. The molecular formula is C49H46F2N8O7. The van der Waals surface area contributed by atoms with E-state index >= 15 is 4.39 Å². The predicted octanol–water partition coefficient (Wildman–Crippen LogP) is 8.14. The van der Waals surface area contributed by atoms with Crippen molar-refractivity contribution in [3.05, 3.63) is 137 Å². The third-order valence-electron chi connectivity index (χ3n) is 11.4. The number of nitrogens with zero attached hydrogens (tertiary/aromatic N) is 5. The predicted molar refractivity (Wildman–Crippen MR) is 244 cm³/mol. The lowest BCUT2D eigenvalue weighted by atomic mass is 10.0. The molecule has 0 atom stereocenters. The number of fused-ring (bicyclic) bond motifs is 1. The molecule has 3 aromatic heterocycles. The summed E-state index contributed by atoms with van der Waals surface area (Å²) in [6.07, 6.45) is 6.51. The SMILES string of the molecule is C=C(Cn1cc(C(=O)c2cc(OC)c(OC)c(OC)c2)nc1-c1c[nH]c2ccccc12)C(=O)N(C)CCOc1c(N)ncnc1-c1cc(F)cc(NC(=O)c2ccc(C3CC3)cc2F)c1C. The standard InChI is InChI=1S/C49H46F2N8O7/c1-26(23-59-24-39(56-47(59)35-22-53-37-10-8-7-9-32(35)37)43(60)30-18-40(63-4)44(65-6)41(19-30)64-5)49(62)58(3)15-16-66-45-42(54-25-55-46(45)52)34-20-31(50)21-38(27(34)2)57-48(61)33-14-13-29(17-36(33)51)28-11-12-28/h7-10,13-14,17-22,24-25,28,53H,1,11-12,15-16,23H2,2-6H3,(H,57,61)(H2,52,54,55). The van der Waals surface area contributed by atoms with Crippen LogP contribution in [0, 0.1) is 18.6 Å². The Bertz CT molecular complexity index is 3030. The molecule has 0 saturated heterocycles. The number of ketones is 1. The maximum absolute atomic E-state index is 15.2. The largest absolute Gasteiger partial charge is 0.493 e. The second-order valence-electron chi connectivity index (χ2n) is 15.8. The molecule has 66 heavy (non-hydrogen) atoms. The number of imidazole rings is 1. The minimum atomic E-state index is -0.741. The molecule has 17 heteroatoms. The second kappa shape index (κ2) is 18.6. The first-order chi connectivity index (χ1) is 31.8. The zero-order valence-corrected chi connectivity index (χ0v) is 36.8. The van der Waals surface area contributed by atoms with E-state index < -0.39 is 29.2 Å². The molecule has 0 spiro atoms. The number of halogens is 2. The number of ether oxygens (including phenoxy) is 4. The Balaban J connectivity index is 0.989. The van der Waals surface area contributed by atoms with Gasteiger partial charge in [-0.1, -0.05) is 30.8 Å². The van der Waals surface area contributed by atoms with Gasteiger partial charge in [-0.25, -0.2) is 23.7 Å². The number of likely N-dealkylation sites (N-methyl/N-ethyl adjacent to an activating group) is 1. The number of nitrogens with two attached hydrogens (primary N) is 1. The molecular weight excluding hydrogens is 851 g/mol. The van der Waals surface area contributed by atoms with Gasteiger partial charge >= 0.3 is 0 Å². The smallest absolute Gasteiger partial charge is 0.258 e. The number of carbonyl (C=O) groups is 3. The van der Waals surface area contributed by atoms with Crippen LogP contribution in [0.3, 0.4) is 0 Å². The number of anilines is 2. The molecule has 4 aromatic carbocycles. The number of aromatic amines is 1. The van der Waals surface area contributed by atoms with Crippen molar-refractivity contribution in [3.63, 3.8) is 0 Å². The van der Waals surface area contributed by atoms with Crippen molar-refractivity contribution < 1.29 is 42.1 Å². The van der Waals surface area contributed by atoms with Crippen molar-refractivity contribution >= 4 is 40.0 Å². The van der Waals surface area contributed by atoms with Crippen LogP contribution in [0.5, 0.6) is 23.0 Å². The summed E-state index contributed by atoms with van der Waals surface area (Å²) < 4.78 is 54.4. The van der Waals surface area contributed by atoms with Gasteiger partial charge in [-0.3, -0.25) is 14.4 Å². The zero-order chi connectivity index (χ0) is 46.8. The fraction of sp³-hybridized carbons (Fsp3) is 0.224. The lowest BCUT2D eigenvalue weighted by Gasteiger charge is -2.20. The Hall–Kier alpha value is -8.08. The normalized spacial score (nSPS) is 12.2. The molecule has 0 aliphatic heterocycles. The van der Waals surface area contributed by atoms with Crippen molar-refractivity contribution in [2.45, 2.75) is 32.2 Å². The summed E-state index contributed by atoms with van der Waals surface area (Å²) in [7, 11) is 5.96. The van der Waals surface area contributed by atoms with Crippen LogP contribution in [-0.4, -0.2) is 88.5 Å². The highest BCUT2D eigenvalue weighted by molar-refractivity contribution is 6.09. The topological polar surface area (TPSA) is 189 Å². The van der Waals surface area contributed by atoms with Crippen molar-refractivity contribution in [3.8, 4) is 45.6 Å². The van der Waals surface area contributed by atoms with Gasteiger partial charge in [0.1, 0.15) is 41.8 Å². The van der Waals surface area contributed by atoms with E-state index in [2.05, 4.69) is 26.8 Å². The summed E-state index contributed by atoms with van der Waals surface area (Å²) in [6.45, 7) is 5.67. The van der Waals surface area contributed by atoms with E-state index in [1.807, 2.05) is 24.3 Å². The Morgan fingerprint density at radius 2 is 1.70 bits per heavy atom. The summed E-state index contributed by atoms with van der Waals surface area (Å²) in [5, 5.41) is 3.49. The van der Waals surface area contributed by atoms with Gasteiger partial charge in [-0.2, -0.15) is 0 Å². The van der Waals surface area contributed by atoms with E-state index in [0.29, 0.717) is 40.1 Å². The molecule has 4 N–H and O–H groups in total. The minimum absolute atomic E-state index is 0.0240. The maximum Gasteiger partial charge on any atom is 0.258 e. The third kappa shape index (κ3) is 8.87. The lowest BCUT2D eigenvalue weighted by Crippen LogP contribution is -2.33. The summed E-state index contributed by atoms with van der Waals surface area (Å²) in [4.78, 5) is 59.0. The molecule has 8 rings (SSSR count). The number of hydrogen-bond donors (Lipinski definition) is 3. The minimum Gasteiger partial charge on any atom is -0.493 e. The molecule has 0 bridgehead atoms. The second-order valence-corrected chi connectivity index (χ2v) is 15.8. The fourth-order valence-electron chi connectivity index (χ4n) is 7.76. The number of carbonyl (C=O) groups excluding carboxylic acids is 3. The van der Waals surface area contributed by atoms with Crippen molar-refractivity contribution in [2.24, 2.45) is 0 Å². The number of hydrogen-bond acceptors (Lipinski definition) is 11. The highest BCUT2D eigenvalue weighted by atomic mass is 19.1. The first-order valence-corrected chi connectivity index (χ1v) is 20.9. The molecule has 3 heterocycles. The Morgan fingerprint density at radius 1 is 0.955 bits per heavy atom. The summed E-state index contributed by atoms with van der Waals surface area (Å²) >= 11 is 0. The monoisotopic (exact) mass is 896 g/mol. The van der Waals surface area contributed by atoms with Gasteiger partial charge in [0.25, 0.3) is 11.8 Å². The Kier molecular flexibility index (Phi) is 12.5. The molecule has 1 fully saturated rings. The zero-order valence-electron chi connectivity index (χ0n) is 36.8. The van der Waals surface area contributed by atoms with Gasteiger partial charge in [-0.15, -0.1) is 0 Å². The number of nitrogens with one attached hydrogen (secondary N) is 2. The van der Waals surface area contributed by atoms with Crippen molar-refractivity contribution in [2.75, 3.05) is 52.6 Å². The van der Waals surface area contributed by atoms with E-state index in [1.54, 1.807) is 49.1 Å². The summed E-state index contributed by atoms with van der Waals surface area (Å²) in [6, 6.07) is 17.6. The van der Waals surface area contributed by atoms with Crippen molar-refractivity contribution in [1.82, 2.24) is 29.4 Å². The van der Waals surface area contributed by atoms with E-state index in [0.717, 1.165) is 35.4 Å². The molecule has 1 aliphatic carbocycles. The Morgan fingerprint density at radius 3 is 2.39 bits per heavy atom. The molecule has 1 saturated carbocycles. The van der Waals surface area contributed by atoms with E-state index in [-0.39, 0.29) is 70.6 Å². The molecule has 7 aromatic rings. The summed E-state index contributed by atoms with van der Waals surface area (Å²) in [5.41, 5.74) is 9.88. The van der Waals surface area contributed by atoms with Gasteiger partial charge in [0.05, 0.1) is 40.0 Å². The number of para-hydroxylation sites is 1. The first-order valence-electron chi connectivity index (χ1n) is 20.9. The molecule has 0 unspecified atom stereocenters. The number of rotatable bonds is 17. The molecule has 15 nitrogen and oxygen atoms in total. The van der Waals surface area contributed by atoms with Gasteiger partial charge in [0, 0.05) is 58.3 Å². The van der Waals surface area contributed by atoms with Gasteiger partial charge in [0.15, 0.2) is 23.1 Å². The van der Waals surface area contributed by atoms with Crippen LogP contribution in [-0.2, 0) is 11.3 Å². The van der Waals surface area contributed by atoms with Crippen LogP contribution in [0.25, 0.3) is 33.5 Å². The first kappa shape index (κ1) is 44.5. The quantitative estimate of drug-likeness (QED) is 0.0591. The number of amides is 2. The van der Waals surface area contributed by atoms with E-state index in [4.69, 9.17) is 29.7 Å². The van der Waals surface area contributed by atoms with Crippen LogP contribution in [0.15, 0.2) is 97.6 Å². The molecule has 2 amide bonds. The van der Waals surface area contributed by atoms with Crippen molar-refractivity contribution in [1.29, 1.82) is 0 Å². The average Bonchev–Trinajstić information content (AvgIpc) is 3.96. The molecule has 0 radical (unpaired) electrons. The Labute approximate surface area is 378 Å². The fourth-order valence-corrected chi connectivity index (χ4v) is 7.76. The van der Waals surface area contributed by atoms with Crippen LogP contribution >= 0.6 is 0 Å². The highest BCUT2D eigenvalue weighted by Gasteiger charge is 2.27. The molecule has 338 valence electrons. The van der Waals surface area contributed by atoms with E-state index in [1.165, 1.54) is 50.8 Å². The van der Waals surface area contributed by atoms with Crippen LogP contribution in [0.1, 0.15) is 56.3 Å². The van der Waals surface area contributed by atoms with Crippen LogP contribution in [0.4, 0.5) is 20.3 Å². The number of nitrogen functional groups attached to an aromatic ring is 1. The summed E-state index contributed by atoms with van der Waals surface area (Å²) in [5.74, 6) is -1.34. The third-order valence-corrected chi connectivity index (χ3v) is 11.4. The number of aromatic nitrogens is 5.